The SMILES string of the molecule is C[C@]12CC[C@H](OSI)C[C@@H]1CC[C@@H]1[C@@H]2CC[C@]2(C)C(=O)CC[C@@H]12. The number of hydrogen-bond acceptors (Lipinski definition) is 3. The van der Waals surface area contributed by atoms with Crippen molar-refractivity contribution < 1.29 is 8.98 Å². The van der Waals surface area contributed by atoms with Gasteiger partial charge in [-0.3, -0.25) is 4.79 Å². The minimum Gasteiger partial charge on any atom is -0.302 e. The summed E-state index contributed by atoms with van der Waals surface area (Å²) in [7, 11) is 1.51. The van der Waals surface area contributed by atoms with Gasteiger partial charge in [-0.1, -0.05) is 13.8 Å². The maximum atomic E-state index is 12.5. The summed E-state index contributed by atoms with van der Waals surface area (Å²) < 4.78 is 5.87. The zero-order valence-electron chi connectivity index (χ0n) is 14.4. The largest absolute Gasteiger partial charge is 0.302 e. The predicted molar refractivity (Wildman–Crippen MR) is 103 cm³/mol. The highest BCUT2D eigenvalue weighted by Crippen LogP contribution is 2.65. The first-order valence-corrected chi connectivity index (χ1v) is 12.7. The number of fused-ring (bicyclic) bond motifs is 5. The van der Waals surface area contributed by atoms with Crippen molar-refractivity contribution in [2.24, 2.45) is 34.5 Å². The normalized spacial score (nSPS) is 52.7. The predicted octanol–water partition coefficient (Wildman–Crippen LogP) is 5.98. The Kier molecular flexibility index (Phi) is 4.59. The van der Waals surface area contributed by atoms with Crippen LogP contribution in [-0.4, -0.2) is 11.9 Å². The molecular formula is C19H29IO2S. The Balaban J connectivity index is 1.56. The van der Waals surface area contributed by atoms with Crippen molar-refractivity contribution in [2.75, 3.05) is 0 Å². The van der Waals surface area contributed by atoms with Gasteiger partial charge in [0.25, 0.3) is 0 Å². The molecule has 4 rings (SSSR count). The van der Waals surface area contributed by atoms with Crippen LogP contribution in [0.5, 0.6) is 0 Å². The van der Waals surface area contributed by atoms with E-state index in [4.69, 9.17) is 4.18 Å². The van der Waals surface area contributed by atoms with Crippen LogP contribution < -0.4 is 0 Å². The molecule has 0 unspecified atom stereocenters. The van der Waals surface area contributed by atoms with Crippen LogP contribution in [0.4, 0.5) is 0 Å². The van der Waals surface area contributed by atoms with E-state index in [1.807, 2.05) is 0 Å². The Morgan fingerprint density at radius 3 is 2.70 bits per heavy atom. The second-order valence-corrected chi connectivity index (χ2v) is 10.5. The van der Waals surface area contributed by atoms with E-state index in [1.165, 1.54) is 54.2 Å². The summed E-state index contributed by atoms with van der Waals surface area (Å²) >= 11 is 2.25. The molecule has 0 aromatic heterocycles. The van der Waals surface area contributed by atoms with Gasteiger partial charge in [-0.05, 0) is 80.5 Å². The molecule has 0 radical (unpaired) electrons. The molecule has 0 heterocycles. The number of carbonyl (C=O) groups is 1. The molecule has 0 N–H and O–H groups in total. The van der Waals surface area contributed by atoms with Crippen molar-refractivity contribution >= 4 is 36.2 Å². The molecular weight excluding hydrogens is 419 g/mol. The van der Waals surface area contributed by atoms with Crippen LogP contribution in [0.2, 0.25) is 0 Å². The molecule has 4 saturated carbocycles. The van der Waals surface area contributed by atoms with E-state index in [0.29, 0.717) is 23.2 Å². The monoisotopic (exact) mass is 448 g/mol. The first kappa shape index (κ1) is 17.1. The van der Waals surface area contributed by atoms with Gasteiger partial charge in [-0.25, -0.2) is 0 Å². The minimum absolute atomic E-state index is 0.0303. The van der Waals surface area contributed by atoms with Crippen LogP contribution in [0.15, 0.2) is 0 Å². The van der Waals surface area contributed by atoms with E-state index < -0.39 is 0 Å². The molecule has 0 amide bonds. The lowest BCUT2D eigenvalue weighted by Gasteiger charge is -2.60. The Bertz CT molecular complexity index is 498. The number of hydrogen-bond donors (Lipinski definition) is 0. The Labute approximate surface area is 157 Å². The highest BCUT2D eigenvalue weighted by atomic mass is 127. The molecule has 4 aliphatic carbocycles. The average molecular weight is 448 g/mol. The van der Waals surface area contributed by atoms with Gasteiger partial charge in [0.15, 0.2) is 0 Å². The molecule has 130 valence electrons. The standard InChI is InChI=1S/C19H29IO2S/c1-18-9-7-13(22-23-20)11-12(18)3-4-14-15-5-6-17(21)19(15,2)10-8-16(14)18/h12-16H,3-11H2,1-2H3/t12-,13-,14-,15-,16-,18-,19-/m0/s1. The third-order valence-electron chi connectivity index (χ3n) is 8.50. The summed E-state index contributed by atoms with van der Waals surface area (Å²) in [6.45, 7) is 4.88. The van der Waals surface area contributed by atoms with Crippen LogP contribution in [0.1, 0.15) is 71.6 Å². The van der Waals surface area contributed by atoms with E-state index in [1.54, 1.807) is 0 Å². The Morgan fingerprint density at radius 2 is 1.91 bits per heavy atom. The van der Waals surface area contributed by atoms with Crippen LogP contribution in [0.3, 0.4) is 0 Å². The fourth-order valence-electron chi connectivity index (χ4n) is 7.13. The maximum Gasteiger partial charge on any atom is 0.139 e. The minimum atomic E-state index is 0.0303. The Morgan fingerprint density at radius 1 is 1.09 bits per heavy atom. The fraction of sp³-hybridized carbons (Fsp3) is 0.947. The number of halogens is 1. The molecule has 0 aliphatic heterocycles. The summed E-state index contributed by atoms with van der Waals surface area (Å²) in [4.78, 5) is 12.5. The van der Waals surface area contributed by atoms with E-state index in [9.17, 15) is 4.79 Å². The number of carbonyl (C=O) groups excluding carboxylic acids is 1. The summed E-state index contributed by atoms with van der Waals surface area (Å²) in [6, 6.07) is 0. The number of ketones is 1. The van der Waals surface area contributed by atoms with Gasteiger partial charge in [0.1, 0.15) is 5.78 Å². The van der Waals surface area contributed by atoms with E-state index in [2.05, 4.69) is 35.1 Å². The van der Waals surface area contributed by atoms with Crippen molar-refractivity contribution in [3.8, 4) is 0 Å². The molecule has 2 nitrogen and oxygen atoms in total. The molecule has 0 saturated heterocycles. The zero-order valence-corrected chi connectivity index (χ0v) is 17.3. The van der Waals surface area contributed by atoms with Gasteiger partial charge in [0.05, 0.1) is 15.3 Å². The Hall–Kier alpha value is 0.710. The lowest BCUT2D eigenvalue weighted by molar-refractivity contribution is -0.141. The number of Topliss-reactive ketones (excluding diaryl/α,β-unsaturated/α-hetero) is 1. The summed E-state index contributed by atoms with van der Waals surface area (Å²) in [6.07, 6.45) is 11.5. The van der Waals surface area contributed by atoms with Gasteiger partial charge < -0.3 is 4.18 Å². The summed E-state index contributed by atoms with van der Waals surface area (Å²) in [5, 5.41) is 0. The highest BCUT2D eigenvalue weighted by molar-refractivity contribution is 14.2. The molecule has 0 aromatic carbocycles. The quantitative estimate of drug-likeness (QED) is 0.384. The highest BCUT2D eigenvalue weighted by Gasteiger charge is 2.60. The van der Waals surface area contributed by atoms with Gasteiger partial charge in [0.2, 0.25) is 0 Å². The molecule has 0 aromatic rings. The van der Waals surface area contributed by atoms with Crippen molar-refractivity contribution in [1.29, 1.82) is 0 Å². The van der Waals surface area contributed by atoms with Crippen molar-refractivity contribution in [3.63, 3.8) is 0 Å². The lowest BCUT2D eigenvalue weighted by Crippen LogP contribution is -2.54. The third kappa shape index (κ3) is 2.56. The van der Waals surface area contributed by atoms with E-state index in [-0.39, 0.29) is 5.41 Å². The maximum absolute atomic E-state index is 12.5. The van der Waals surface area contributed by atoms with Crippen molar-refractivity contribution in [1.82, 2.24) is 0 Å². The first-order chi connectivity index (χ1) is 11.0. The summed E-state index contributed by atoms with van der Waals surface area (Å²) in [5.41, 5.74) is 0.536. The molecule has 23 heavy (non-hydrogen) atoms. The van der Waals surface area contributed by atoms with E-state index >= 15 is 0 Å². The fourth-order valence-corrected chi connectivity index (χ4v) is 8.29. The van der Waals surface area contributed by atoms with Gasteiger partial charge in [0, 0.05) is 33.0 Å². The van der Waals surface area contributed by atoms with Crippen molar-refractivity contribution in [2.45, 2.75) is 77.7 Å². The smallest absolute Gasteiger partial charge is 0.139 e. The lowest BCUT2D eigenvalue weighted by atomic mass is 9.45. The molecule has 7 atom stereocenters. The molecule has 4 fully saturated rings. The average Bonchev–Trinajstić information content (AvgIpc) is 2.84. The molecule has 4 heteroatoms. The number of rotatable bonds is 2. The molecule has 4 aliphatic rings. The second kappa shape index (κ2) is 6.15. The van der Waals surface area contributed by atoms with E-state index in [0.717, 1.165) is 30.6 Å². The van der Waals surface area contributed by atoms with Crippen LogP contribution in [-0.2, 0) is 8.98 Å². The zero-order chi connectivity index (χ0) is 16.2. The van der Waals surface area contributed by atoms with Crippen LogP contribution in [0, 0.1) is 34.5 Å². The molecule has 0 bridgehead atoms. The van der Waals surface area contributed by atoms with Crippen LogP contribution in [0.25, 0.3) is 0 Å². The second-order valence-electron chi connectivity index (χ2n) is 9.13. The summed E-state index contributed by atoms with van der Waals surface area (Å²) in [5.74, 6) is 3.78. The van der Waals surface area contributed by atoms with Gasteiger partial charge >= 0.3 is 0 Å². The molecule has 0 spiro atoms. The van der Waals surface area contributed by atoms with Gasteiger partial charge in [-0.15, -0.1) is 0 Å². The van der Waals surface area contributed by atoms with Crippen LogP contribution >= 0.6 is 30.4 Å². The van der Waals surface area contributed by atoms with Gasteiger partial charge in [-0.2, -0.15) is 0 Å². The third-order valence-corrected chi connectivity index (χ3v) is 9.47. The van der Waals surface area contributed by atoms with Crippen molar-refractivity contribution in [3.05, 3.63) is 0 Å². The topological polar surface area (TPSA) is 26.3 Å². The first-order valence-electron chi connectivity index (χ1n) is 9.46.